The van der Waals surface area contributed by atoms with Gasteiger partial charge in [-0.25, -0.2) is 19.2 Å². The van der Waals surface area contributed by atoms with Gasteiger partial charge in [0.2, 0.25) is 17.7 Å². The summed E-state index contributed by atoms with van der Waals surface area (Å²) in [4.78, 5) is 78.3. The fourth-order valence-corrected chi connectivity index (χ4v) is 9.81. The van der Waals surface area contributed by atoms with E-state index in [1.54, 1.807) is 24.3 Å². The number of pyridine rings is 2. The molecule has 10 rings (SSSR count). The minimum atomic E-state index is -0.994. The van der Waals surface area contributed by atoms with Crippen molar-refractivity contribution < 1.29 is 42.6 Å². The molecular weight excluding hydrogens is 776 g/mol. The minimum Gasteiger partial charge on any atom is -0.494 e. The lowest BCUT2D eigenvalue weighted by Gasteiger charge is -2.52. The molecule has 0 radical (unpaired) electrons. The van der Waals surface area contributed by atoms with E-state index in [0.717, 1.165) is 63.3 Å². The summed E-state index contributed by atoms with van der Waals surface area (Å²) in [7, 11) is 1.52. The smallest absolute Gasteiger partial charge is 0.413 e. The van der Waals surface area contributed by atoms with Crippen molar-refractivity contribution in [1.29, 1.82) is 0 Å². The number of benzene rings is 2. The number of fused-ring (bicyclic) bond motifs is 3. The van der Waals surface area contributed by atoms with Crippen LogP contribution in [0.4, 0.5) is 26.4 Å². The highest BCUT2D eigenvalue weighted by Gasteiger charge is 2.49. The van der Waals surface area contributed by atoms with Gasteiger partial charge >= 0.3 is 6.09 Å². The summed E-state index contributed by atoms with van der Waals surface area (Å²) >= 11 is 0. The van der Waals surface area contributed by atoms with Crippen LogP contribution < -0.4 is 30.3 Å². The molecule has 17 heteroatoms. The summed E-state index contributed by atoms with van der Waals surface area (Å²) < 4.78 is 32.5. The molecule has 3 N–H and O–H groups in total. The first-order chi connectivity index (χ1) is 29.1. The van der Waals surface area contributed by atoms with E-state index in [-0.39, 0.29) is 29.9 Å². The second kappa shape index (κ2) is 14.7. The summed E-state index contributed by atoms with van der Waals surface area (Å²) in [5.41, 5.74) is 2.79. The van der Waals surface area contributed by atoms with E-state index in [9.17, 15) is 24.0 Å². The van der Waals surface area contributed by atoms with Crippen LogP contribution >= 0.6 is 0 Å². The predicted molar refractivity (Wildman–Crippen MR) is 216 cm³/mol. The van der Waals surface area contributed by atoms with Crippen LogP contribution in [0.25, 0.3) is 21.9 Å². The van der Waals surface area contributed by atoms with E-state index in [0.29, 0.717) is 75.4 Å². The molecule has 5 aliphatic heterocycles. The van der Waals surface area contributed by atoms with Crippen LogP contribution in [0, 0.1) is 17.2 Å². The van der Waals surface area contributed by atoms with E-state index in [4.69, 9.17) is 14.2 Å². The molecule has 6 aliphatic rings. The van der Waals surface area contributed by atoms with Crippen molar-refractivity contribution in [3.05, 3.63) is 65.7 Å². The number of aromatic nitrogens is 2. The highest BCUT2D eigenvalue weighted by atomic mass is 19.1. The molecule has 1 atom stereocenters. The highest BCUT2D eigenvalue weighted by molar-refractivity contribution is 6.25. The van der Waals surface area contributed by atoms with Crippen LogP contribution in [-0.2, 0) is 14.3 Å². The van der Waals surface area contributed by atoms with E-state index >= 15 is 4.39 Å². The third-order valence-corrected chi connectivity index (χ3v) is 12.9. The number of nitrogens with one attached hydrogen (secondary N) is 3. The van der Waals surface area contributed by atoms with Gasteiger partial charge in [-0.3, -0.25) is 34.7 Å². The first-order valence-electron chi connectivity index (χ1n) is 20.4. The number of anilines is 3. The van der Waals surface area contributed by atoms with E-state index in [1.807, 2.05) is 6.07 Å². The fraction of sp³-hybridized carbons (Fsp3) is 0.419. The van der Waals surface area contributed by atoms with Gasteiger partial charge in [-0.05, 0) is 86.3 Å². The molecule has 1 aliphatic carbocycles. The van der Waals surface area contributed by atoms with Crippen molar-refractivity contribution in [1.82, 2.24) is 25.1 Å². The Labute approximate surface area is 343 Å². The van der Waals surface area contributed by atoms with E-state index < -0.39 is 41.6 Å². The molecular formula is C43H43FN8O8. The zero-order chi connectivity index (χ0) is 41.3. The third-order valence-electron chi connectivity index (χ3n) is 12.9. The number of hydrogen-bond donors (Lipinski definition) is 3. The molecule has 2 aromatic heterocycles. The van der Waals surface area contributed by atoms with Crippen LogP contribution in [0.1, 0.15) is 59.2 Å². The molecule has 1 spiro atoms. The van der Waals surface area contributed by atoms with Crippen molar-refractivity contribution in [2.24, 2.45) is 11.3 Å². The molecule has 2 aromatic carbocycles. The Morgan fingerprint density at radius 2 is 1.82 bits per heavy atom. The van der Waals surface area contributed by atoms with E-state index in [1.165, 1.54) is 25.6 Å². The van der Waals surface area contributed by atoms with Crippen LogP contribution in [-0.4, -0.2) is 115 Å². The SMILES string of the molecule is COc1c(-c2cc3cc(NC(=O)OC4CC5(CCN(CC6CN(c7cccc8c7C(=O)N(C7CCC(=O)NC7=O)C8=O)C6)CC5)C4)ncc3cc2F)cnc2c1NCCO2. The summed E-state index contributed by atoms with van der Waals surface area (Å²) in [6, 6.07) is 9.01. The number of methoxy groups -OCH3 is 1. The van der Waals surface area contributed by atoms with Crippen LogP contribution in [0.2, 0.25) is 0 Å². The number of likely N-dealkylation sites (tertiary alicyclic amines) is 1. The Bertz CT molecular complexity index is 2480. The maximum Gasteiger partial charge on any atom is 0.413 e. The van der Waals surface area contributed by atoms with Gasteiger partial charge in [-0.1, -0.05) is 6.07 Å². The number of imide groups is 2. The van der Waals surface area contributed by atoms with Gasteiger partial charge in [0.05, 0.1) is 23.9 Å². The number of rotatable bonds is 8. The predicted octanol–water partition coefficient (Wildman–Crippen LogP) is 4.58. The number of carbonyl (C=O) groups excluding carboxylic acids is 5. The molecule has 4 aromatic rings. The van der Waals surface area contributed by atoms with Crippen LogP contribution in [0.5, 0.6) is 11.6 Å². The standard InChI is InChI=1S/C43H43FN8O8/c1-58-37-29(19-47-39-36(37)45-9-12-59-39)28-13-24-15-33(46-18-25(24)14-30(28)44)48-42(57)60-26-16-43(17-26)7-10-50(11-8-43)20-23-21-51(22-23)31-4-2-3-27-35(31)41(56)52(40(27)55)32-5-6-34(53)49-38(32)54/h2-4,13-15,18-19,23,26,32,45H,5-12,16-17,20-22H2,1H3,(H,46,48,57)(H,49,53,54). The Morgan fingerprint density at radius 3 is 2.60 bits per heavy atom. The van der Waals surface area contributed by atoms with Gasteiger partial charge in [0.15, 0.2) is 5.75 Å². The lowest BCUT2D eigenvalue weighted by molar-refractivity contribution is -0.136. The second-order valence-electron chi connectivity index (χ2n) is 16.7. The summed E-state index contributed by atoms with van der Waals surface area (Å²) in [5.74, 6) is -0.952. The molecule has 4 fully saturated rings. The first-order valence-corrected chi connectivity index (χ1v) is 20.4. The largest absolute Gasteiger partial charge is 0.494 e. The Hall–Kier alpha value is -6.36. The number of halogens is 1. The van der Waals surface area contributed by atoms with Gasteiger partial charge in [0.1, 0.15) is 36.1 Å². The number of hydrogen-bond acceptors (Lipinski definition) is 13. The second-order valence-corrected chi connectivity index (χ2v) is 16.7. The molecule has 7 heterocycles. The molecule has 16 nitrogen and oxygen atoms in total. The van der Waals surface area contributed by atoms with Gasteiger partial charge in [-0.15, -0.1) is 0 Å². The van der Waals surface area contributed by atoms with Crippen molar-refractivity contribution in [2.45, 2.75) is 50.7 Å². The van der Waals surface area contributed by atoms with Crippen LogP contribution in [0.15, 0.2) is 48.8 Å². The Balaban J connectivity index is 0.700. The van der Waals surface area contributed by atoms with Crippen molar-refractivity contribution in [3.63, 3.8) is 0 Å². The fourth-order valence-electron chi connectivity index (χ4n) is 9.81. The van der Waals surface area contributed by atoms with Crippen molar-refractivity contribution in [2.75, 3.05) is 68.5 Å². The third kappa shape index (κ3) is 6.60. The lowest BCUT2D eigenvalue weighted by Crippen LogP contribution is -2.55. The zero-order valence-corrected chi connectivity index (χ0v) is 32.9. The van der Waals surface area contributed by atoms with Crippen LogP contribution in [0.3, 0.4) is 0 Å². The van der Waals surface area contributed by atoms with Crippen molar-refractivity contribution >= 4 is 57.7 Å². The maximum absolute atomic E-state index is 15.4. The molecule has 1 saturated carbocycles. The normalized spacial score (nSPS) is 21.4. The van der Waals surface area contributed by atoms with Gasteiger partial charge in [0.25, 0.3) is 11.8 Å². The molecule has 3 saturated heterocycles. The average Bonchev–Trinajstić information content (AvgIpc) is 3.47. The Morgan fingerprint density at radius 1 is 1.00 bits per heavy atom. The number of carbonyl (C=O) groups is 5. The average molecular weight is 819 g/mol. The zero-order valence-electron chi connectivity index (χ0n) is 32.9. The monoisotopic (exact) mass is 818 g/mol. The van der Waals surface area contributed by atoms with Crippen molar-refractivity contribution in [3.8, 4) is 22.8 Å². The number of amides is 5. The molecule has 5 amide bonds. The van der Waals surface area contributed by atoms with Gasteiger partial charge in [0, 0.05) is 67.4 Å². The number of ether oxygens (including phenoxy) is 3. The summed E-state index contributed by atoms with van der Waals surface area (Å²) in [5, 5.41) is 9.45. The van der Waals surface area contributed by atoms with E-state index in [2.05, 4.69) is 35.7 Å². The number of nitrogens with zero attached hydrogens (tertiary/aromatic N) is 5. The minimum absolute atomic E-state index is 0.0776. The molecule has 0 bridgehead atoms. The first kappa shape index (κ1) is 37.9. The molecule has 1 unspecified atom stereocenters. The summed E-state index contributed by atoms with van der Waals surface area (Å²) in [6.45, 7) is 5.37. The highest BCUT2D eigenvalue weighted by Crippen LogP contribution is 2.51. The number of piperidine rings is 2. The topological polar surface area (TPSA) is 185 Å². The quantitative estimate of drug-likeness (QED) is 0.210. The Kier molecular flexibility index (Phi) is 9.30. The molecule has 310 valence electrons. The lowest BCUT2D eigenvalue weighted by atomic mass is 9.61. The van der Waals surface area contributed by atoms with Gasteiger partial charge < -0.3 is 29.3 Å². The van der Waals surface area contributed by atoms with Gasteiger partial charge in [-0.2, -0.15) is 0 Å². The maximum atomic E-state index is 15.4. The summed E-state index contributed by atoms with van der Waals surface area (Å²) in [6.07, 6.45) is 6.11. The molecule has 60 heavy (non-hydrogen) atoms.